The highest BCUT2D eigenvalue weighted by Crippen LogP contribution is 2.24. The number of benzene rings is 2. The van der Waals surface area contributed by atoms with Crippen molar-refractivity contribution < 1.29 is 13.2 Å². The molecule has 2 aromatic carbocycles. The number of aryl methyl sites for hydroxylation is 1. The number of hydrogen-bond acceptors (Lipinski definition) is 4. The molecule has 5 nitrogen and oxygen atoms in total. The van der Waals surface area contributed by atoms with Crippen LogP contribution in [-0.4, -0.2) is 25.1 Å². The van der Waals surface area contributed by atoms with Gasteiger partial charge in [0.25, 0.3) is 5.91 Å². The molecule has 0 spiro atoms. The highest BCUT2D eigenvalue weighted by atomic mass is 35.5. The van der Waals surface area contributed by atoms with Gasteiger partial charge in [-0.3, -0.25) is 4.79 Å². The van der Waals surface area contributed by atoms with E-state index in [1.54, 1.807) is 17.7 Å². The van der Waals surface area contributed by atoms with E-state index in [2.05, 4.69) is 4.99 Å². The molecule has 3 rings (SSSR count). The average Bonchev–Trinajstić information content (AvgIpc) is 2.84. The number of aromatic nitrogens is 1. The molecule has 0 N–H and O–H groups in total. The number of sulfone groups is 1. The number of carbonyl (C=O) groups excluding carboxylic acids is 1. The van der Waals surface area contributed by atoms with Crippen molar-refractivity contribution >= 4 is 48.9 Å². The summed E-state index contributed by atoms with van der Waals surface area (Å²) >= 11 is 7.56. The van der Waals surface area contributed by atoms with E-state index in [0.29, 0.717) is 15.4 Å². The molecule has 124 valence electrons. The summed E-state index contributed by atoms with van der Waals surface area (Å²) in [7, 11) is -1.50. The van der Waals surface area contributed by atoms with Crippen LogP contribution < -0.4 is 4.80 Å². The summed E-state index contributed by atoms with van der Waals surface area (Å²) in [6.45, 7) is 0. The molecule has 8 heteroatoms. The fourth-order valence-electron chi connectivity index (χ4n) is 2.26. The third kappa shape index (κ3) is 3.15. The number of amides is 1. The topological polar surface area (TPSA) is 68.5 Å². The summed E-state index contributed by atoms with van der Waals surface area (Å²) in [4.78, 5) is 17.2. The van der Waals surface area contributed by atoms with Crippen molar-refractivity contribution in [2.24, 2.45) is 12.0 Å². The van der Waals surface area contributed by atoms with Crippen molar-refractivity contribution in [2.75, 3.05) is 6.26 Å². The van der Waals surface area contributed by atoms with Crippen LogP contribution in [0.5, 0.6) is 0 Å². The van der Waals surface area contributed by atoms with Gasteiger partial charge in [0.1, 0.15) is 0 Å². The van der Waals surface area contributed by atoms with Gasteiger partial charge in [-0.2, -0.15) is 4.99 Å². The van der Waals surface area contributed by atoms with Crippen molar-refractivity contribution in [2.45, 2.75) is 4.90 Å². The first kappa shape index (κ1) is 16.9. The number of halogens is 1. The molecule has 0 aliphatic heterocycles. The van der Waals surface area contributed by atoms with E-state index in [9.17, 15) is 13.2 Å². The van der Waals surface area contributed by atoms with Gasteiger partial charge < -0.3 is 4.57 Å². The second kappa shape index (κ2) is 6.16. The summed E-state index contributed by atoms with van der Waals surface area (Å²) in [5.41, 5.74) is 1.15. The fourth-order valence-corrected chi connectivity index (χ4v) is 4.29. The monoisotopic (exact) mass is 380 g/mol. The van der Waals surface area contributed by atoms with Crippen LogP contribution in [-0.2, 0) is 16.9 Å². The molecule has 0 aliphatic rings. The summed E-state index contributed by atoms with van der Waals surface area (Å²) in [5.74, 6) is -0.437. The first-order valence-corrected chi connectivity index (χ1v) is 9.99. The highest BCUT2D eigenvalue weighted by molar-refractivity contribution is 7.90. The van der Waals surface area contributed by atoms with E-state index in [1.807, 2.05) is 12.1 Å². The van der Waals surface area contributed by atoms with Gasteiger partial charge >= 0.3 is 0 Å². The molecule has 0 atom stereocenters. The molecular formula is C16H13ClN2O3S2. The van der Waals surface area contributed by atoms with Gasteiger partial charge in [-0.25, -0.2) is 8.42 Å². The normalized spacial score (nSPS) is 12.7. The molecule has 0 aliphatic carbocycles. The Morgan fingerprint density at radius 3 is 2.42 bits per heavy atom. The van der Waals surface area contributed by atoms with Crippen LogP contribution in [0.25, 0.3) is 10.2 Å². The molecule has 1 amide bonds. The van der Waals surface area contributed by atoms with Crippen molar-refractivity contribution in [3.8, 4) is 0 Å². The van der Waals surface area contributed by atoms with Crippen LogP contribution in [0.3, 0.4) is 0 Å². The van der Waals surface area contributed by atoms with Crippen molar-refractivity contribution in [3.63, 3.8) is 0 Å². The number of carbonyl (C=O) groups is 1. The Hall–Kier alpha value is -1.96. The summed E-state index contributed by atoms with van der Waals surface area (Å²) in [6, 6.07) is 11.3. The lowest BCUT2D eigenvalue weighted by Gasteiger charge is -2.00. The predicted octanol–water partition coefficient (Wildman–Crippen LogP) is 3.04. The smallest absolute Gasteiger partial charge is 0.279 e. The second-order valence-electron chi connectivity index (χ2n) is 5.24. The van der Waals surface area contributed by atoms with E-state index in [4.69, 9.17) is 11.6 Å². The van der Waals surface area contributed by atoms with E-state index in [0.717, 1.165) is 16.5 Å². The Bertz CT molecular complexity index is 1110. The zero-order chi connectivity index (χ0) is 17.5. The number of hydrogen-bond donors (Lipinski definition) is 0. The molecule has 0 bridgehead atoms. The highest BCUT2D eigenvalue weighted by Gasteiger charge is 2.11. The minimum Gasteiger partial charge on any atom is -0.318 e. The van der Waals surface area contributed by atoms with Gasteiger partial charge in [0.05, 0.1) is 20.1 Å². The maximum atomic E-state index is 12.3. The van der Waals surface area contributed by atoms with Crippen LogP contribution in [0.4, 0.5) is 0 Å². The average molecular weight is 381 g/mol. The minimum atomic E-state index is -3.29. The van der Waals surface area contributed by atoms with E-state index >= 15 is 0 Å². The predicted molar refractivity (Wildman–Crippen MR) is 95.3 cm³/mol. The first-order valence-electron chi connectivity index (χ1n) is 6.90. The SMILES string of the molecule is Cn1c(=NC(=O)c2ccc(S(C)(=O)=O)cc2)sc2cccc(Cl)c21. The quantitative estimate of drug-likeness (QED) is 0.686. The Labute approximate surface area is 147 Å². The molecular weight excluding hydrogens is 368 g/mol. The summed E-state index contributed by atoms with van der Waals surface area (Å²) in [6.07, 6.45) is 1.12. The lowest BCUT2D eigenvalue weighted by atomic mass is 10.2. The Morgan fingerprint density at radius 1 is 1.17 bits per heavy atom. The van der Waals surface area contributed by atoms with Gasteiger partial charge in [0.15, 0.2) is 14.6 Å². The summed E-state index contributed by atoms with van der Waals surface area (Å²) in [5, 5.41) is 0.595. The van der Waals surface area contributed by atoms with Crippen LogP contribution in [0.15, 0.2) is 52.4 Å². The third-order valence-corrected chi connectivity index (χ3v) is 6.03. The van der Waals surface area contributed by atoms with Crippen molar-refractivity contribution in [1.29, 1.82) is 0 Å². The lowest BCUT2D eigenvalue weighted by Crippen LogP contribution is -2.13. The van der Waals surface area contributed by atoms with Crippen LogP contribution in [0.1, 0.15) is 10.4 Å². The number of rotatable bonds is 2. The molecule has 0 unspecified atom stereocenters. The first-order chi connectivity index (χ1) is 11.3. The molecule has 1 heterocycles. The number of para-hydroxylation sites is 1. The Kier molecular flexibility index (Phi) is 4.33. The Balaban J connectivity index is 2.04. The largest absolute Gasteiger partial charge is 0.318 e. The molecule has 3 aromatic rings. The molecule has 0 saturated carbocycles. The third-order valence-electron chi connectivity index (χ3n) is 3.50. The number of fused-ring (bicyclic) bond motifs is 1. The van der Waals surface area contributed by atoms with Gasteiger partial charge in [-0.1, -0.05) is 29.0 Å². The standard InChI is InChI=1S/C16H13ClN2O3S2/c1-19-14-12(17)4-3-5-13(14)23-16(19)18-15(20)10-6-8-11(9-7-10)24(2,21)22/h3-9H,1-2H3. The maximum Gasteiger partial charge on any atom is 0.279 e. The van der Waals surface area contributed by atoms with Crippen molar-refractivity contribution in [3.05, 3.63) is 57.9 Å². The maximum absolute atomic E-state index is 12.3. The van der Waals surface area contributed by atoms with Gasteiger partial charge in [-0.05, 0) is 36.4 Å². The zero-order valence-electron chi connectivity index (χ0n) is 12.9. The number of thiazole rings is 1. The van der Waals surface area contributed by atoms with Crippen LogP contribution in [0.2, 0.25) is 5.02 Å². The Morgan fingerprint density at radius 2 is 1.83 bits per heavy atom. The molecule has 0 saturated heterocycles. The molecule has 1 aromatic heterocycles. The van der Waals surface area contributed by atoms with Gasteiger partial charge in [0, 0.05) is 18.9 Å². The lowest BCUT2D eigenvalue weighted by molar-refractivity contribution is 0.0998. The fraction of sp³-hybridized carbons (Fsp3) is 0.125. The van der Waals surface area contributed by atoms with Crippen LogP contribution in [0, 0.1) is 0 Å². The zero-order valence-corrected chi connectivity index (χ0v) is 15.2. The minimum absolute atomic E-state index is 0.165. The number of nitrogens with zero attached hydrogens (tertiary/aromatic N) is 2. The second-order valence-corrected chi connectivity index (χ2v) is 8.68. The van der Waals surface area contributed by atoms with E-state index in [1.165, 1.54) is 35.6 Å². The molecule has 0 fully saturated rings. The van der Waals surface area contributed by atoms with E-state index in [-0.39, 0.29) is 4.90 Å². The van der Waals surface area contributed by atoms with Gasteiger partial charge in [-0.15, -0.1) is 0 Å². The molecule has 0 radical (unpaired) electrons. The van der Waals surface area contributed by atoms with Crippen molar-refractivity contribution in [1.82, 2.24) is 4.57 Å². The molecule has 24 heavy (non-hydrogen) atoms. The van der Waals surface area contributed by atoms with Crippen LogP contribution >= 0.6 is 22.9 Å². The summed E-state index contributed by atoms with van der Waals surface area (Å²) < 4.78 is 25.6. The van der Waals surface area contributed by atoms with Gasteiger partial charge in [0.2, 0.25) is 0 Å². The van der Waals surface area contributed by atoms with E-state index < -0.39 is 15.7 Å².